The van der Waals surface area contributed by atoms with Crippen LogP contribution in [0.3, 0.4) is 0 Å². The van der Waals surface area contributed by atoms with Gasteiger partial charge >= 0.3 is 0 Å². The molecule has 0 spiro atoms. The second-order valence-electron chi connectivity index (χ2n) is 6.12. The molecule has 3 rings (SSSR count). The summed E-state index contributed by atoms with van der Waals surface area (Å²) >= 11 is 0. The number of hydrogen-bond donors (Lipinski definition) is 1. The Morgan fingerprint density at radius 1 is 1.24 bits per heavy atom. The van der Waals surface area contributed by atoms with Gasteiger partial charge in [0, 0.05) is 5.41 Å². The fourth-order valence-electron chi connectivity index (χ4n) is 3.99. The highest BCUT2D eigenvalue weighted by Crippen LogP contribution is 2.62. The lowest BCUT2D eigenvalue weighted by atomic mass is 9.67. The number of rotatable bonds is 2. The summed E-state index contributed by atoms with van der Waals surface area (Å²) < 4.78 is 0. The molecule has 2 saturated carbocycles. The Bertz CT molecular complexity index is 413. The number of aliphatic hydroxyl groups is 1. The van der Waals surface area contributed by atoms with Crippen LogP contribution < -0.4 is 5.46 Å². The van der Waals surface area contributed by atoms with Crippen LogP contribution in [0.5, 0.6) is 0 Å². The molecule has 2 fully saturated rings. The maximum Gasteiger partial charge on any atom is 0.113 e. The van der Waals surface area contributed by atoms with Crippen LogP contribution in [-0.4, -0.2) is 13.0 Å². The average Bonchev–Trinajstić information content (AvgIpc) is 2.91. The van der Waals surface area contributed by atoms with Crippen LogP contribution in [0.1, 0.15) is 44.6 Å². The maximum absolute atomic E-state index is 11.0. The fourth-order valence-corrected chi connectivity index (χ4v) is 3.99. The van der Waals surface area contributed by atoms with Gasteiger partial charge in [0.25, 0.3) is 0 Å². The molecule has 17 heavy (non-hydrogen) atoms. The van der Waals surface area contributed by atoms with Crippen molar-refractivity contribution >= 4 is 13.3 Å². The van der Waals surface area contributed by atoms with E-state index in [1.54, 1.807) is 0 Å². The third kappa shape index (κ3) is 1.57. The summed E-state index contributed by atoms with van der Waals surface area (Å²) in [5, 5.41) is 11.0. The van der Waals surface area contributed by atoms with Crippen LogP contribution in [0.2, 0.25) is 0 Å². The lowest BCUT2D eigenvalue weighted by Crippen LogP contribution is -2.40. The van der Waals surface area contributed by atoms with E-state index in [-0.39, 0.29) is 5.41 Å². The first-order valence-corrected chi connectivity index (χ1v) is 6.62. The van der Waals surface area contributed by atoms with Gasteiger partial charge in [-0.1, -0.05) is 29.7 Å². The van der Waals surface area contributed by atoms with E-state index in [1.165, 1.54) is 32.1 Å². The standard InChI is InChI=1S/C15H19BO/c1-14(17,12-2-4-13(16)5-3-12)15-8-6-11(10-15)7-9-15/h2-5,11,17H,6-10H2,1H3. The zero-order chi connectivity index (χ0) is 12.1. The highest BCUT2D eigenvalue weighted by molar-refractivity contribution is 6.32. The van der Waals surface area contributed by atoms with Gasteiger partial charge in [0.2, 0.25) is 0 Å². The second kappa shape index (κ2) is 3.62. The molecule has 1 atom stereocenters. The number of hydrogen-bond acceptors (Lipinski definition) is 1. The largest absolute Gasteiger partial charge is 0.385 e. The molecule has 88 valence electrons. The van der Waals surface area contributed by atoms with Crippen LogP contribution in [-0.2, 0) is 5.60 Å². The summed E-state index contributed by atoms with van der Waals surface area (Å²) in [7, 11) is 5.72. The third-order valence-electron chi connectivity index (χ3n) is 5.25. The van der Waals surface area contributed by atoms with Gasteiger partial charge in [0.05, 0.1) is 5.60 Å². The maximum atomic E-state index is 11.0. The van der Waals surface area contributed by atoms with E-state index in [0.29, 0.717) is 0 Å². The molecule has 0 aliphatic heterocycles. The van der Waals surface area contributed by atoms with Gasteiger partial charge in [-0.05, 0) is 50.5 Å². The molecule has 1 N–H and O–H groups in total. The summed E-state index contributed by atoms with van der Waals surface area (Å²) in [5.41, 5.74) is 1.20. The summed E-state index contributed by atoms with van der Waals surface area (Å²) in [6.07, 6.45) is 6.14. The Balaban J connectivity index is 1.97. The van der Waals surface area contributed by atoms with E-state index in [2.05, 4.69) is 0 Å². The highest BCUT2D eigenvalue weighted by atomic mass is 16.3. The molecule has 1 nitrogen and oxygen atoms in total. The monoisotopic (exact) mass is 226 g/mol. The van der Waals surface area contributed by atoms with Crippen molar-refractivity contribution in [3.05, 3.63) is 29.8 Å². The third-order valence-corrected chi connectivity index (χ3v) is 5.25. The van der Waals surface area contributed by atoms with Crippen LogP contribution in [0.4, 0.5) is 0 Å². The topological polar surface area (TPSA) is 20.2 Å². The van der Waals surface area contributed by atoms with Gasteiger partial charge in [-0.25, -0.2) is 0 Å². The minimum atomic E-state index is -0.702. The molecule has 0 amide bonds. The predicted octanol–water partition coefficient (Wildman–Crippen LogP) is 2.27. The summed E-state index contributed by atoms with van der Waals surface area (Å²) in [6.45, 7) is 1.99. The number of fused-ring (bicyclic) bond motifs is 2. The Morgan fingerprint density at radius 2 is 1.82 bits per heavy atom. The van der Waals surface area contributed by atoms with Crippen molar-refractivity contribution < 1.29 is 5.11 Å². The predicted molar refractivity (Wildman–Crippen MR) is 70.4 cm³/mol. The van der Waals surface area contributed by atoms with Gasteiger partial charge < -0.3 is 5.11 Å². The number of benzene rings is 1. The normalized spacial score (nSPS) is 34.8. The van der Waals surface area contributed by atoms with E-state index in [9.17, 15) is 5.11 Å². The van der Waals surface area contributed by atoms with Crippen molar-refractivity contribution in [2.75, 3.05) is 0 Å². The zero-order valence-corrected chi connectivity index (χ0v) is 10.4. The molecule has 2 radical (unpaired) electrons. The van der Waals surface area contributed by atoms with Gasteiger partial charge in [-0.2, -0.15) is 0 Å². The lowest BCUT2D eigenvalue weighted by molar-refractivity contribution is -0.0722. The van der Waals surface area contributed by atoms with Gasteiger partial charge in [-0.3, -0.25) is 0 Å². The molecule has 1 aromatic rings. The zero-order valence-electron chi connectivity index (χ0n) is 10.4. The van der Waals surface area contributed by atoms with E-state index >= 15 is 0 Å². The minimum Gasteiger partial charge on any atom is -0.385 e. The molecule has 0 heterocycles. The Hall–Kier alpha value is -0.755. The van der Waals surface area contributed by atoms with E-state index in [1.807, 2.05) is 31.2 Å². The smallest absolute Gasteiger partial charge is 0.113 e. The molecular weight excluding hydrogens is 207 g/mol. The molecule has 2 heteroatoms. The van der Waals surface area contributed by atoms with Crippen LogP contribution in [0.25, 0.3) is 0 Å². The van der Waals surface area contributed by atoms with Crippen molar-refractivity contribution in [1.29, 1.82) is 0 Å². The second-order valence-corrected chi connectivity index (χ2v) is 6.12. The molecule has 2 bridgehead atoms. The lowest BCUT2D eigenvalue weighted by Gasteiger charge is -2.42. The quantitative estimate of drug-likeness (QED) is 0.767. The van der Waals surface area contributed by atoms with Crippen molar-refractivity contribution in [3.8, 4) is 0 Å². The fraction of sp³-hybridized carbons (Fsp3) is 0.600. The molecule has 1 aromatic carbocycles. The van der Waals surface area contributed by atoms with Gasteiger partial charge in [-0.15, -0.1) is 0 Å². The van der Waals surface area contributed by atoms with Crippen molar-refractivity contribution in [2.24, 2.45) is 11.3 Å². The Labute approximate surface area is 105 Å². The molecular formula is C15H19BO. The summed E-state index contributed by atoms with van der Waals surface area (Å²) in [4.78, 5) is 0. The van der Waals surface area contributed by atoms with Crippen LogP contribution >= 0.6 is 0 Å². The average molecular weight is 226 g/mol. The minimum absolute atomic E-state index is 0.119. The van der Waals surface area contributed by atoms with Crippen molar-refractivity contribution in [2.45, 2.75) is 44.6 Å². The first kappa shape index (κ1) is 11.3. The Kier molecular flexibility index (Phi) is 2.41. The van der Waals surface area contributed by atoms with Crippen LogP contribution in [0, 0.1) is 11.3 Å². The van der Waals surface area contributed by atoms with E-state index in [4.69, 9.17) is 7.85 Å². The molecule has 2 aliphatic carbocycles. The molecule has 2 aliphatic rings. The first-order chi connectivity index (χ1) is 8.03. The highest BCUT2D eigenvalue weighted by Gasteiger charge is 2.55. The summed E-state index contributed by atoms with van der Waals surface area (Å²) in [5.74, 6) is 0.857. The van der Waals surface area contributed by atoms with Crippen molar-refractivity contribution in [1.82, 2.24) is 0 Å². The SMILES string of the molecule is [B]c1ccc(C(C)(O)C23CCC(CC2)C3)cc1. The Morgan fingerprint density at radius 3 is 2.29 bits per heavy atom. The van der Waals surface area contributed by atoms with E-state index in [0.717, 1.165) is 16.9 Å². The summed E-state index contributed by atoms with van der Waals surface area (Å²) in [6, 6.07) is 7.75. The van der Waals surface area contributed by atoms with E-state index < -0.39 is 5.60 Å². The van der Waals surface area contributed by atoms with Crippen LogP contribution in [0.15, 0.2) is 24.3 Å². The van der Waals surface area contributed by atoms with Crippen molar-refractivity contribution in [3.63, 3.8) is 0 Å². The molecule has 0 aromatic heterocycles. The molecule has 1 unspecified atom stereocenters. The molecule has 0 saturated heterocycles. The van der Waals surface area contributed by atoms with Gasteiger partial charge in [0.15, 0.2) is 0 Å². The first-order valence-electron chi connectivity index (χ1n) is 6.62. The van der Waals surface area contributed by atoms with Gasteiger partial charge in [0.1, 0.15) is 7.85 Å².